The number of aliphatic hydroxyl groups is 1. The summed E-state index contributed by atoms with van der Waals surface area (Å²) in [7, 11) is 10.1. The molecule has 0 bridgehead atoms. The number of allylic oxidation sites excluding steroid dienone is 2. The minimum absolute atomic E-state index is 0.112. The molecule has 0 spiro atoms. The van der Waals surface area contributed by atoms with Gasteiger partial charge in [-0.25, -0.2) is 0 Å². The van der Waals surface area contributed by atoms with E-state index in [1.807, 2.05) is 98.0 Å². The average Bonchev–Trinajstić information content (AvgIpc) is 0.809. The molecule has 1 aromatic carbocycles. The van der Waals surface area contributed by atoms with Crippen molar-refractivity contribution < 1.29 is 67.5 Å². The second kappa shape index (κ2) is 38.9. The molecule has 1 aliphatic heterocycles. The largest absolute Gasteiger partial charge is 0.507 e. The highest BCUT2D eigenvalue weighted by atomic mass is 16.3. The fourth-order valence-corrected chi connectivity index (χ4v) is 13.1. The maximum absolute atomic E-state index is 15.5. The van der Waals surface area contributed by atoms with Crippen LogP contribution >= 0.6 is 0 Å². The highest BCUT2D eigenvalue weighted by Gasteiger charge is 2.46. The number of nitrogens with zero attached hydrogens (tertiary/aromatic N) is 8. The number of pyridine rings is 1. The van der Waals surface area contributed by atoms with Crippen molar-refractivity contribution in [2.75, 3.05) is 55.9 Å². The van der Waals surface area contributed by atoms with Gasteiger partial charge in [0, 0.05) is 92.6 Å². The smallest absolute Gasteiger partial charge is 0.246 e. The summed E-state index contributed by atoms with van der Waals surface area (Å²) >= 11 is 0. The fraction of sp³-hybridized carbons (Fsp3) is 0.707. The molecule has 2 heterocycles. The van der Waals surface area contributed by atoms with Gasteiger partial charge in [0.05, 0.1) is 24.1 Å². The molecule has 98 heavy (non-hydrogen) atoms. The van der Waals surface area contributed by atoms with Crippen LogP contribution in [0.2, 0.25) is 0 Å². The number of nitrogens with one attached hydrogen (secondary N) is 2. The first-order chi connectivity index (χ1) is 45.6. The number of unbranched alkanes of at least 4 members (excludes halogenated alkanes) is 1. The van der Waals surface area contributed by atoms with Crippen molar-refractivity contribution in [3.8, 4) is 5.75 Å². The van der Waals surface area contributed by atoms with Gasteiger partial charge < -0.3 is 55.1 Å². The second-order valence-electron chi connectivity index (χ2n) is 30.2. The zero-order valence-corrected chi connectivity index (χ0v) is 63.5. The van der Waals surface area contributed by atoms with Crippen molar-refractivity contribution in [3.05, 3.63) is 48.7 Å². The Morgan fingerprint density at radius 1 is 0.541 bits per heavy atom. The van der Waals surface area contributed by atoms with Crippen LogP contribution < -0.4 is 15.2 Å². The van der Waals surface area contributed by atoms with Crippen LogP contribution in [0.25, 0.3) is 10.9 Å². The molecular weight excluding hydrogens is 1250 g/mol. The van der Waals surface area contributed by atoms with Crippen molar-refractivity contribution >= 4 is 75.6 Å². The van der Waals surface area contributed by atoms with Gasteiger partial charge in [-0.2, -0.15) is 4.57 Å². The van der Waals surface area contributed by atoms with Crippen molar-refractivity contribution in [2.24, 2.45) is 53.3 Å². The molecule has 3 rings (SSSR count). The Labute approximate surface area is 585 Å². The first kappa shape index (κ1) is 84.9. The van der Waals surface area contributed by atoms with Crippen LogP contribution in [0, 0.1) is 53.3 Å². The molecule has 1 aromatic heterocycles. The predicted octanol–water partition coefficient (Wildman–Crippen LogP) is 7.06. The minimum Gasteiger partial charge on any atom is -0.507 e. The number of benzene rings is 1. The van der Waals surface area contributed by atoms with Crippen LogP contribution in [-0.2, 0) is 59.3 Å². The lowest BCUT2D eigenvalue weighted by Gasteiger charge is -2.41. The Morgan fingerprint density at radius 2 is 1.03 bits per heavy atom. The number of likely N-dealkylation sites (N-methyl/N-ethyl adjacent to an activating group) is 7. The Balaban J connectivity index is 2.26. The number of hydrogen-bond acceptors (Lipinski definition) is 13. The number of carbonyl (C=O) groups excluding carboxylic acids is 11. The number of fused-ring (bicyclic) bond motifs is 1. The van der Waals surface area contributed by atoms with Crippen LogP contribution in [0.15, 0.2) is 48.7 Å². The lowest BCUT2D eigenvalue weighted by Crippen LogP contribution is -2.61. The molecule has 0 unspecified atom stereocenters. The molecule has 0 aliphatic carbocycles. The normalized spacial score (nSPS) is 25.1. The molecule has 0 radical (unpaired) electrons. The summed E-state index contributed by atoms with van der Waals surface area (Å²) < 4.78 is 2.06. The summed E-state index contributed by atoms with van der Waals surface area (Å²) in [6.45, 7) is 28.7. The SMILES string of the molecule is CC[C@@H]1CC(=O)[C@H]([C@H](O)[C@H](C)C/C=C/CCC[n+]2ccc(O)c3ccccc32)N(C)C(=O)[C@H](C(C)C)N(C)C(=O)[C@H](CC(C)C)N(C)C(=O)[C@H](CC(C)C)N(C)C(=O)[C@@H](C)CC(=O)[C@H](C)NC(=O)[C@H](CC(C)C)N(C)C(=O)[C@H](C(C)C)NC(=O)[C@H](CC(C)C)N(C)C(=O)CN(C)C1=O. The van der Waals surface area contributed by atoms with E-state index < -0.39 is 162 Å². The number of Topliss-reactive ketones (excluding diaryl/α,β-unsaturated/α-hetero) is 2. The molecule has 12 atom stereocenters. The van der Waals surface area contributed by atoms with Gasteiger partial charge in [-0.1, -0.05) is 128 Å². The zero-order chi connectivity index (χ0) is 74.7. The maximum Gasteiger partial charge on any atom is 0.246 e. The van der Waals surface area contributed by atoms with E-state index in [-0.39, 0.29) is 74.4 Å². The number of aryl methyl sites for hydroxylation is 1. The van der Waals surface area contributed by atoms with Crippen LogP contribution in [0.4, 0.5) is 0 Å². The number of para-hydroxylation sites is 1. The highest BCUT2D eigenvalue weighted by molar-refractivity contribution is 5.99. The topological polar surface area (TPSA) is 279 Å². The predicted molar refractivity (Wildman–Crippen MR) is 380 cm³/mol. The molecule has 0 saturated carbocycles. The van der Waals surface area contributed by atoms with Crippen molar-refractivity contribution in [3.63, 3.8) is 0 Å². The van der Waals surface area contributed by atoms with Gasteiger partial charge in [-0.05, 0) is 99.4 Å². The molecule has 9 amide bonds. The van der Waals surface area contributed by atoms with Crippen molar-refractivity contribution in [1.29, 1.82) is 0 Å². The third-order valence-corrected chi connectivity index (χ3v) is 19.3. The summed E-state index contributed by atoms with van der Waals surface area (Å²) in [4.78, 5) is 171. The number of amides is 9. The van der Waals surface area contributed by atoms with E-state index in [1.54, 1.807) is 54.5 Å². The molecular formula is C75H123N10O13+. The summed E-state index contributed by atoms with van der Waals surface area (Å²) in [5, 5.41) is 29.4. The zero-order valence-electron chi connectivity index (χ0n) is 63.5. The number of rotatable bonds is 19. The van der Waals surface area contributed by atoms with Crippen LogP contribution in [0.5, 0.6) is 5.75 Å². The lowest BCUT2D eigenvalue weighted by atomic mass is 9.86. The molecule has 2 aromatic rings. The van der Waals surface area contributed by atoms with Gasteiger partial charge in [-0.15, -0.1) is 0 Å². The monoisotopic (exact) mass is 1370 g/mol. The number of aromatic hydroxyl groups is 1. The van der Waals surface area contributed by atoms with Crippen molar-refractivity contribution in [2.45, 2.75) is 236 Å². The van der Waals surface area contributed by atoms with Crippen LogP contribution in [-0.4, -0.2) is 220 Å². The molecule has 1 aliphatic rings. The fourth-order valence-electron chi connectivity index (χ4n) is 13.1. The van der Waals surface area contributed by atoms with Gasteiger partial charge in [-0.3, -0.25) is 52.7 Å². The van der Waals surface area contributed by atoms with E-state index in [9.17, 15) is 43.8 Å². The van der Waals surface area contributed by atoms with E-state index in [0.717, 1.165) is 22.2 Å². The summed E-state index contributed by atoms with van der Waals surface area (Å²) in [5.74, 6) is -10.7. The standard InChI is InChI=1S/C75H122N10O13/c1-24-53-42-62(88)66(67(90)50(14)31-27-25-26-30-35-85-36-34-60(86)54-32-28-29-33-55(54)85)84(23)75(98)65(49(12)13)83(22)73(96)59(40-47(8)9)82(21)72(95)58(39-46(6)7)81(20)70(93)51(15)41-61(87)52(16)76-68(91)57(38-45(4)5)80(19)74(97)64(48(10)11)77-69(92)56(37-44(2)3)79(18)63(89)43-78(17)71(53)94/h25,27-29,32-34,36,44-53,56-59,64-67,90H,24,26,30-31,35,37-43H2,1-23H3,(H2,76,77,91,92)/p+1/b27-25+/t50-,51+,52+,53-,56+,57+,58+,59+,64+,65+,66-,67-/m1/s1. The summed E-state index contributed by atoms with van der Waals surface area (Å²) in [6.07, 6.45) is 5.91. The van der Waals surface area contributed by atoms with Gasteiger partial charge >= 0.3 is 0 Å². The Morgan fingerprint density at radius 3 is 1.56 bits per heavy atom. The molecule has 550 valence electrons. The van der Waals surface area contributed by atoms with E-state index in [2.05, 4.69) is 15.2 Å². The first-order valence-electron chi connectivity index (χ1n) is 35.6. The van der Waals surface area contributed by atoms with Gasteiger partial charge in [0.25, 0.3) is 0 Å². The lowest BCUT2D eigenvalue weighted by molar-refractivity contribution is -0.671. The quantitative estimate of drug-likeness (QED) is 0.0624. The number of hydrogen-bond donors (Lipinski definition) is 4. The van der Waals surface area contributed by atoms with E-state index in [1.165, 1.54) is 85.7 Å². The molecule has 23 nitrogen and oxygen atoms in total. The minimum atomic E-state index is -1.55. The summed E-state index contributed by atoms with van der Waals surface area (Å²) in [5.41, 5.74) is 0.887. The third-order valence-electron chi connectivity index (χ3n) is 19.3. The van der Waals surface area contributed by atoms with Crippen LogP contribution in [0.3, 0.4) is 0 Å². The first-order valence-corrected chi connectivity index (χ1v) is 35.6. The molecule has 1 saturated heterocycles. The van der Waals surface area contributed by atoms with E-state index in [4.69, 9.17) is 0 Å². The number of carbonyl (C=O) groups is 11. The number of ketones is 2. The van der Waals surface area contributed by atoms with E-state index in [0.29, 0.717) is 13.0 Å². The second-order valence-corrected chi connectivity index (χ2v) is 30.2. The number of aliphatic hydroxyl groups excluding tert-OH is 1. The Hall–Kier alpha value is -7.30. The Kier molecular flexibility index (Phi) is 33.7. The van der Waals surface area contributed by atoms with Gasteiger partial charge in [0.1, 0.15) is 54.6 Å². The van der Waals surface area contributed by atoms with Gasteiger partial charge in [0.15, 0.2) is 17.8 Å². The highest BCUT2D eigenvalue weighted by Crippen LogP contribution is 2.29. The third kappa shape index (κ3) is 23.1. The molecule has 1 fully saturated rings. The molecule has 4 N–H and O–H groups in total. The maximum atomic E-state index is 15.5. The summed E-state index contributed by atoms with van der Waals surface area (Å²) in [6, 6.07) is -0.394. The van der Waals surface area contributed by atoms with Gasteiger partial charge in [0.2, 0.25) is 58.7 Å². The Bertz CT molecular complexity index is 3090. The van der Waals surface area contributed by atoms with E-state index >= 15 is 19.2 Å². The molecule has 23 heteroatoms. The van der Waals surface area contributed by atoms with Crippen molar-refractivity contribution in [1.82, 2.24) is 44.9 Å². The van der Waals surface area contributed by atoms with Crippen LogP contribution in [0.1, 0.15) is 175 Å². The number of aromatic nitrogens is 1. The average molecular weight is 1370 g/mol.